The zero-order valence-corrected chi connectivity index (χ0v) is 14.9. The van der Waals surface area contributed by atoms with Gasteiger partial charge >= 0.3 is 6.18 Å². The van der Waals surface area contributed by atoms with E-state index in [2.05, 4.69) is 10.3 Å². The molecule has 0 rings (SSSR count). The summed E-state index contributed by atoms with van der Waals surface area (Å²) in [6.45, 7) is 7.05. The molecule has 1 N–H and O–H groups in total. The summed E-state index contributed by atoms with van der Waals surface area (Å²) in [5.41, 5.74) is -0.801. The summed E-state index contributed by atoms with van der Waals surface area (Å²) >= 11 is 0. The Morgan fingerprint density at radius 2 is 1.79 bits per heavy atom. The van der Waals surface area contributed by atoms with Gasteiger partial charge < -0.3 is 0 Å². The van der Waals surface area contributed by atoms with Crippen LogP contribution in [0.1, 0.15) is 53.4 Å². The number of halogens is 5. The smallest absolute Gasteiger partial charge is 0.298 e. The van der Waals surface area contributed by atoms with Gasteiger partial charge in [0, 0.05) is 19.1 Å². The number of aliphatic imine (C=N–C) groups is 1. The molecule has 7 heteroatoms. The summed E-state index contributed by atoms with van der Waals surface area (Å²) in [5.74, 6) is -2.79. The van der Waals surface area contributed by atoms with Crippen molar-refractivity contribution < 1.29 is 22.0 Å². The second-order valence-electron chi connectivity index (χ2n) is 6.11. The average Bonchev–Trinajstić information content (AvgIpc) is 2.47. The molecule has 0 heterocycles. The highest BCUT2D eigenvalue weighted by Crippen LogP contribution is 2.31. The fourth-order valence-electron chi connectivity index (χ4n) is 2.51. The van der Waals surface area contributed by atoms with E-state index in [9.17, 15) is 22.0 Å². The highest BCUT2D eigenvalue weighted by atomic mass is 19.4. The van der Waals surface area contributed by atoms with E-state index in [1.165, 1.54) is 13.8 Å². The average molecular weight is 356 g/mol. The monoisotopic (exact) mass is 356 g/mol. The normalized spacial score (nSPS) is 16.6. The van der Waals surface area contributed by atoms with Crippen LogP contribution in [-0.4, -0.2) is 31.5 Å². The molecule has 2 atom stereocenters. The van der Waals surface area contributed by atoms with E-state index in [0.717, 1.165) is 25.1 Å². The van der Waals surface area contributed by atoms with E-state index in [0.29, 0.717) is 6.54 Å². The Kier molecular flexibility index (Phi) is 10.4. The maximum atomic E-state index is 13.5. The lowest BCUT2D eigenvalue weighted by Crippen LogP contribution is -2.31. The Hall–Kier alpha value is -0.980. The summed E-state index contributed by atoms with van der Waals surface area (Å²) in [4.78, 5) is 3.72. The number of nitrogens with one attached hydrogen (secondary N) is 1. The molecule has 0 saturated carbocycles. The lowest BCUT2D eigenvalue weighted by molar-refractivity contribution is -0.0857. The van der Waals surface area contributed by atoms with Crippen molar-refractivity contribution in [3.05, 3.63) is 11.6 Å². The second kappa shape index (κ2) is 10.8. The van der Waals surface area contributed by atoms with Crippen LogP contribution in [0.15, 0.2) is 16.6 Å². The molecule has 24 heavy (non-hydrogen) atoms. The van der Waals surface area contributed by atoms with Crippen molar-refractivity contribution in [1.82, 2.24) is 5.32 Å². The van der Waals surface area contributed by atoms with Crippen LogP contribution >= 0.6 is 0 Å². The number of nitrogens with zero attached hydrogens (tertiary/aromatic N) is 1. The van der Waals surface area contributed by atoms with E-state index in [1.54, 1.807) is 6.92 Å². The number of allylic oxidation sites excluding steroid dienone is 2. The molecule has 0 aliphatic heterocycles. The predicted octanol–water partition coefficient (Wildman–Crippen LogP) is 5.60. The lowest BCUT2D eigenvalue weighted by Gasteiger charge is -2.27. The van der Waals surface area contributed by atoms with Gasteiger partial charge in [-0.25, -0.2) is 8.78 Å². The van der Waals surface area contributed by atoms with Gasteiger partial charge in [0.1, 0.15) is 0 Å². The highest BCUT2D eigenvalue weighted by Gasteiger charge is 2.32. The van der Waals surface area contributed by atoms with Crippen LogP contribution in [0.5, 0.6) is 0 Å². The minimum absolute atomic E-state index is 0.0323. The van der Waals surface area contributed by atoms with Crippen LogP contribution < -0.4 is 5.32 Å². The highest BCUT2D eigenvalue weighted by molar-refractivity contribution is 5.80. The summed E-state index contributed by atoms with van der Waals surface area (Å²) in [5, 5.41) is 2.95. The Morgan fingerprint density at radius 1 is 1.17 bits per heavy atom. The Balaban J connectivity index is 4.46. The van der Waals surface area contributed by atoms with Crippen molar-refractivity contribution in [1.29, 1.82) is 0 Å². The van der Waals surface area contributed by atoms with E-state index in [-0.39, 0.29) is 31.3 Å². The van der Waals surface area contributed by atoms with Gasteiger partial charge in [0.05, 0.1) is 12.2 Å². The molecule has 0 aromatic rings. The van der Waals surface area contributed by atoms with Crippen LogP contribution in [0.2, 0.25) is 0 Å². The van der Waals surface area contributed by atoms with Gasteiger partial charge in [0.2, 0.25) is 5.92 Å². The molecule has 142 valence electrons. The fraction of sp³-hybridized carbons (Fsp3) is 0.824. The Bertz CT molecular complexity index is 402. The first-order valence-electron chi connectivity index (χ1n) is 8.39. The first-order valence-corrected chi connectivity index (χ1v) is 8.39. The quantitative estimate of drug-likeness (QED) is 0.291. The summed E-state index contributed by atoms with van der Waals surface area (Å²) in [6.07, 6.45) is -1.36. The minimum atomic E-state index is -4.41. The molecule has 2 unspecified atom stereocenters. The van der Waals surface area contributed by atoms with Gasteiger partial charge in [0.15, 0.2) is 0 Å². The summed E-state index contributed by atoms with van der Waals surface area (Å²) in [7, 11) is 0. The predicted molar refractivity (Wildman–Crippen MR) is 88.6 cm³/mol. The van der Waals surface area contributed by atoms with E-state index in [1.807, 2.05) is 6.92 Å². The number of alkyl halides is 5. The molecule has 2 nitrogen and oxygen atoms in total. The minimum Gasteiger partial charge on any atom is -0.298 e. The summed E-state index contributed by atoms with van der Waals surface area (Å²) < 4.78 is 64.6. The zero-order chi connectivity index (χ0) is 18.8. The van der Waals surface area contributed by atoms with Crippen LogP contribution in [0.25, 0.3) is 0 Å². The topological polar surface area (TPSA) is 24.4 Å². The zero-order valence-electron chi connectivity index (χ0n) is 14.9. The molecule has 0 aromatic heterocycles. The fourth-order valence-corrected chi connectivity index (χ4v) is 2.51. The van der Waals surface area contributed by atoms with E-state index >= 15 is 0 Å². The van der Waals surface area contributed by atoms with Gasteiger partial charge in [-0.15, -0.1) is 0 Å². The van der Waals surface area contributed by atoms with Crippen LogP contribution in [-0.2, 0) is 0 Å². The Morgan fingerprint density at radius 3 is 2.25 bits per heavy atom. The van der Waals surface area contributed by atoms with Crippen molar-refractivity contribution in [2.45, 2.75) is 65.5 Å². The molecular formula is C17H29F5N2. The summed E-state index contributed by atoms with van der Waals surface area (Å²) in [6, 6.07) is 0. The molecule has 0 saturated heterocycles. The van der Waals surface area contributed by atoms with Crippen LogP contribution in [0, 0.1) is 11.8 Å². The Labute approximate surface area is 141 Å². The third-order valence-electron chi connectivity index (χ3n) is 4.08. The SMILES string of the molecule is C/C=C(\C=N/CNCC(CCC)C(C)CC(F)(F)CC)C(F)(F)F. The van der Waals surface area contributed by atoms with Gasteiger partial charge in [-0.2, -0.15) is 13.2 Å². The van der Waals surface area contributed by atoms with Gasteiger partial charge in [-0.05, 0) is 31.7 Å². The molecule has 0 amide bonds. The van der Waals surface area contributed by atoms with E-state index < -0.39 is 17.7 Å². The van der Waals surface area contributed by atoms with Crippen LogP contribution in [0.3, 0.4) is 0 Å². The van der Waals surface area contributed by atoms with Gasteiger partial charge in [0.25, 0.3) is 0 Å². The third-order valence-corrected chi connectivity index (χ3v) is 4.08. The lowest BCUT2D eigenvalue weighted by atomic mass is 9.85. The van der Waals surface area contributed by atoms with Crippen molar-refractivity contribution in [3.63, 3.8) is 0 Å². The molecule has 0 aromatic carbocycles. The first-order chi connectivity index (χ1) is 11.1. The first kappa shape index (κ1) is 23.0. The van der Waals surface area contributed by atoms with Gasteiger partial charge in [-0.1, -0.05) is 33.3 Å². The van der Waals surface area contributed by atoms with E-state index in [4.69, 9.17) is 0 Å². The molecule has 0 radical (unpaired) electrons. The molecule has 0 bridgehead atoms. The molecule has 0 aliphatic carbocycles. The third kappa shape index (κ3) is 9.35. The van der Waals surface area contributed by atoms with Gasteiger partial charge in [-0.3, -0.25) is 10.3 Å². The van der Waals surface area contributed by atoms with Crippen molar-refractivity contribution in [2.24, 2.45) is 16.8 Å². The number of hydrogen-bond acceptors (Lipinski definition) is 2. The molecule has 0 aliphatic rings. The molecule has 0 spiro atoms. The van der Waals surface area contributed by atoms with Crippen LogP contribution in [0.4, 0.5) is 22.0 Å². The standard InChI is InChI=1S/C17H29F5N2/c1-5-8-14(13(4)9-16(18,19)7-3)10-23-12-24-11-15(6-2)17(20,21)22/h6,11,13-14,23H,5,7-10,12H2,1-4H3/b15-6+,24-11-. The number of rotatable bonds is 11. The van der Waals surface area contributed by atoms with Crippen molar-refractivity contribution in [2.75, 3.05) is 13.2 Å². The largest absolute Gasteiger partial charge is 0.417 e. The second-order valence-corrected chi connectivity index (χ2v) is 6.11. The molecule has 0 fully saturated rings. The maximum absolute atomic E-state index is 13.5. The van der Waals surface area contributed by atoms with Crippen molar-refractivity contribution in [3.8, 4) is 0 Å². The molecular weight excluding hydrogens is 327 g/mol. The van der Waals surface area contributed by atoms with Crippen molar-refractivity contribution >= 4 is 6.21 Å². The maximum Gasteiger partial charge on any atom is 0.417 e. The number of hydrogen-bond donors (Lipinski definition) is 1.